The highest BCUT2D eigenvalue weighted by molar-refractivity contribution is 6.07. The van der Waals surface area contributed by atoms with E-state index in [1.807, 2.05) is 12.1 Å². The van der Waals surface area contributed by atoms with E-state index in [9.17, 15) is 18.0 Å². The Morgan fingerprint density at radius 2 is 1.86 bits per heavy atom. The maximum absolute atomic E-state index is 12.9. The van der Waals surface area contributed by atoms with Crippen molar-refractivity contribution < 1.29 is 22.5 Å². The maximum Gasteiger partial charge on any atom is 0.471 e. The summed E-state index contributed by atoms with van der Waals surface area (Å²) in [5.74, 6) is -1.81. The lowest BCUT2D eigenvalue weighted by molar-refractivity contribution is -0.159. The third kappa shape index (κ3) is 3.91. The molecule has 1 aromatic heterocycles. The Balaban J connectivity index is 0.00000240. The fourth-order valence-corrected chi connectivity index (χ4v) is 3.24. The number of hydrogen-bond donors (Lipinski definition) is 1. The van der Waals surface area contributed by atoms with E-state index in [1.165, 1.54) is 24.3 Å². The molecule has 0 aliphatic carbocycles. The molecule has 0 fully saturated rings. The Bertz CT molecular complexity index is 1030. The molecule has 6 nitrogen and oxygen atoms in total. The van der Waals surface area contributed by atoms with Crippen molar-refractivity contribution in [3.8, 4) is 11.4 Å². The molecule has 1 aliphatic heterocycles. The average molecular weight is 425 g/mol. The van der Waals surface area contributed by atoms with E-state index >= 15 is 0 Å². The molecule has 10 heteroatoms. The number of amides is 1. The van der Waals surface area contributed by atoms with Crippen molar-refractivity contribution in [3.05, 3.63) is 59.5 Å². The van der Waals surface area contributed by atoms with Crippen molar-refractivity contribution >= 4 is 29.7 Å². The number of benzene rings is 2. The molecule has 0 radical (unpaired) electrons. The highest BCUT2D eigenvalue weighted by atomic mass is 35.5. The summed E-state index contributed by atoms with van der Waals surface area (Å²) in [4.78, 5) is 18.0. The zero-order valence-electron chi connectivity index (χ0n) is 14.9. The van der Waals surface area contributed by atoms with Crippen LogP contribution in [0, 0.1) is 0 Å². The van der Waals surface area contributed by atoms with Crippen LogP contribution in [-0.2, 0) is 12.6 Å². The normalized spacial score (nSPS) is 13.6. The number of nitrogens with two attached hydrogens (primary N) is 1. The molecular formula is C19H16ClF3N4O2. The van der Waals surface area contributed by atoms with Gasteiger partial charge in [-0.2, -0.15) is 18.2 Å². The molecule has 0 saturated heterocycles. The summed E-state index contributed by atoms with van der Waals surface area (Å²) in [7, 11) is 0. The van der Waals surface area contributed by atoms with E-state index in [-0.39, 0.29) is 24.1 Å². The molecule has 2 aromatic carbocycles. The quantitative estimate of drug-likeness (QED) is 0.618. The van der Waals surface area contributed by atoms with Crippen LogP contribution in [-0.4, -0.2) is 22.6 Å². The summed E-state index contributed by atoms with van der Waals surface area (Å²) in [5, 5.41) is 3.34. The minimum atomic E-state index is -4.70. The van der Waals surface area contributed by atoms with Gasteiger partial charge in [-0.25, -0.2) is 0 Å². The number of carbonyl (C=O) groups excluding carboxylic acids is 1. The zero-order valence-corrected chi connectivity index (χ0v) is 15.8. The first-order valence-corrected chi connectivity index (χ1v) is 8.55. The van der Waals surface area contributed by atoms with Crippen LogP contribution in [0.15, 0.2) is 47.0 Å². The van der Waals surface area contributed by atoms with Crippen molar-refractivity contribution in [2.24, 2.45) is 0 Å². The molecule has 0 bridgehead atoms. The first kappa shape index (κ1) is 20.7. The van der Waals surface area contributed by atoms with Gasteiger partial charge in [0.1, 0.15) is 0 Å². The van der Waals surface area contributed by atoms with Crippen LogP contribution in [0.1, 0.15) is 28.2 Å². The molecular weight excluding hydrogens is 409 g/mol. The summed E-state index contributed by atoms with van der Waals surface area (Å²) in [5.41, 5.74) is 9.13. The Morgan fingerprint density at radius 3 is 2.52 bits per heavy atom. The van der Waals surface area contributed by atoms with Crippen LogP contribution in [0.5, 0.6) is 0 Å². The third-order valence-corrected chi connectivity index (χ3v) is 4.59. The van der Waals surface area contributed by atoms with Crippen LogP contribution in [0.25, 0.3) is 11.4 Å². The van der Waals surface area contributed by atoms with Crippen LogP contribution >= 0.6 is 12.4 Å². The third-order valence-electron chi connectivity index (χ3n) is 4.59. The van der Waals surface area contributed by atoms with Crippen molar-refractivity contribution in [3.63, 3.8) is 0 Å². The molecule has 4 rings (SSSR count). The van der Waals surface area contributed by atoms with E-state index in [0.717, 1.165) is 24.1 Å². The van der Waals surface area contributed by atoms with Crippen LogP contribution in [0.2, 0.25) is 0 Å². The molecule has 0 spiro atoms. The number of fused-ring (bicyclic) bond motifs is 1. The van der Waals surface area contributed by atoms with E-state index in [2.05, 4.69) is 14.7 Å². The Labute approximate surface area is 169 Å². The highest BCUT2D eigenvalue weighted by Crippen LogP contribution is 2.33. The average Bonchev–Trinajstić information content (AvgIpc) is 3.18. The van der Waals surface area contributed by atoms with Crippen molar-refractivity contribution in [2.45, 2.75) is 19.0 Å². The minimum Gasteiger partial charge on any atom is -0.398 e. The van der Waals surface area contributed by atoms with Gasteiger partial charge in [0.05, 0.1) is 0 Å². The number of carbonyl (C=O) groups is 1. The van der Waals surface area contributed by atoms with Crippen molar-refractivity contribution in [2.75, 3.05) is 17.2 Å². The number of nitrogens with zero attached hydrogens (tertiary/aromatic N) is 3. The number of rotatable bonds is 2. The van der Waals surface area contributed by atoms with Gasteiger partial charge in [0.2, 0.25) is 5.82 Å². The number of halogens is 4. The Morgan fingerprint density at radius 1 is 1.14 bits per heavy atom. The van der Waals surface area contributed by atoms with Crippen molar-refractivity contribution in [1.82, 2.24) is 10.1 Å². The van der Waals surface area contributed by atoms with Crippen LogP contribution in [0.4, 0.5) is 24.5 Å². The molecule has 0 atom stereocenters. The molecule has 0 saturated carbocycles. The van der Waals surface area contributed by atoms with E-state index in [1.54, 1.807) is 11.0 Å². The van der Waals surface area contributed by atoms with Gasteiger partial charge in [-0.3, -0.25) is 4.79 Å². The first-order valence-electron chi connectivity index (χ1n) is 8.55. The summed E-state index contributed by atoms with van der Waals surface area (Å²) < 4.78 is 42.0. The van der Waals surface area contributed by atoms with Crippen LogP contribution < -0.4 is 10.6 Å². The maximum atomic E-state index is 12.9. The summed E-state index contributed by atoms with van der Waals surface area (Å²) in [6.45, 7) is 0.566. The summed E-state index contributed by atoms with van der Waals surface area (Å²) >= 11 is 0. The molecule has 1 aliphatic rings. The van der Waals surface area contributed by atoms with Gasteiger partial charge in [-0.15, -0.1) is 12.4 Å². The van der Waals surface area contributed by atoms with Gasteiger partial charge in [0.25, 0.3) is 5.91 Å². The Kier molecular flexibility index (Phi) is 5.52. The second kappa shape index (κ2) is 7.75. The fourth-order valence-electron chi connectivity index (χ4n) is 3.24. The predicted molar refractivity (Wildman–Crippen MR) is 103 cm³/mol. The lowest BCUT2D eigenvalue weighted by Crippen LogP contribution is -2.35. The number of hydrogen-bond acceptors (Lipinski definition) is 5. The van der Waals surface area contributed by atoms with Gasteiger partial charge < -0.3 is 15.2 Å². The monoisotopic (exact) mass is 424 g/mol. The summed E-state index contributed by atoms with van der Waals surface area (Å²) in [6.07, 6.45) is -3.09. The van der Waals surface area contributed by atoms with Gasteiger partial charge in [0, 0.05) is 29.0 Å². The number of alkyl halides is 3. The zero-order chi connectivity index (χ0) is 19.9. The molecule has 2 heterocycles. The van der Waals surface area contributed by atoms with Gasteiger partial charge in [-0.05, 0) is 42.7 Å². The molecule has 152 valence electrons. The molecule has 1 amide bonds. The fraction of sp³-hybridized carbons (Fsp3) is 0.211. The number of anilines is 2. The van der Waals surface area contributed by atoms with Crippen LogP contribution in [0.3, 0.4) is 0 Å². The minimum absolute atomic E-state index is 0. The lowest BCUT2D eigenvalue weighted by Gasteiger charge is -2.30. The predicted octanol–water partition coefficient (Wildman–Crippen LogP) is 4.35. The van der Waals surface area contributed by atoms with Gasteiger partial charge in [0.15, 0.2) is 0 Å². The molecule has 0 unspecified atom stereocenters. The molecule has 3 aromatic rings. The second-order valence-electron chi connectivity index (χ2n) is 6.40. The smallest absolute Gasteiger partial charge is 0.398 e. The number of aromatic nitrogens is 2. The molecule has 2 N–H and O–H groups in total. The Hall–Kier alpha value is -3.07. The largest absolute Gasteiger partial charge is 0.471 e. The second-order valence-corrected chi connectivity index (χ2v) is 6.40. The van der Waals surface area contributed by atoms with Gasteiger partial charge in [-0.1, -0.05) is 23.4 Å². The van der Waals surface area contributed by atoms with E-state index < -0.39 is 12.1 Å². The SMILES string of the molecule is Cl.Nc1cccc2c1CCCN2C(=O)c1ccc(-c2noc(C(F)(F)F)n2)cc1. The van der Waals surface area contributed by atoms with E-state index in [4.69, 9.17) is 5.73 Å². The van der Waals surface area contributed by atoms with Gasteiger partial charge >= 0.3 is 12.1 Å². The molecule has 29 heavy (non-hydrogen) atoms. The standard InChI is InChI=1S/C19H15F3N4O2.ClH/c20-19(21,22)18-24-16(25-28-18)11-6-8-12(9-7-11)17(27)26-10-2-3-13-14(23)4-1-5-15(13)26;/h1,4-9H,2-3,10,23H2;1H. The highest BCUT2D eigenvalue weighted by Gasteiger charge is 2.38. The summed E-state index contributed by atoms with van der Waals surface area (Å²) in [6, 6.07) is 11.5. The van der Waals surface area contributed by atoms with E-state index in [0.29, 0.717) is 23.4 Å². The first-order chi connectivity index (χ1) is 13.3. The lowest BCUT2D eigenvalue weighted by atomic mass is 9.99. The number of nitrogen functional groups attached to an aromatic ring is 1. The van der Waals surface area contributed by atoms with Crippen molar-refractivity contribution in [1.29, 1.82) is 0 Å². The topological polar surface area (TPSA) is 85.2 Å².